The Bertz CT molecular complexity index is 877. The minimum Gasteiger partial charge on any atom is -0.497 e. The van der Waals surface area contributed by atoms with Gasteiger partial charge in [-0.1, -0.05) is 0 Å². The molecule has 0 radical (unpaired) electrons. The molecule has 0 spiro atoms. The summed E-state index contributed by atoms with van der Waals surface area (Å²) in [5.41, 5.74) is 1.26. The molecule has 1 aliphatic heterocycles. The molecule has 1 aromatic heterocycles. The number of hydrogen-bond acceptors (Lipinski definition) is 5. The number of ether oxygens (including phenoxy) is 1. The molecular formula is C19H24N4O2. The number of pyridine rings is 1. The smallest absolute Gasteiger partial charge is 0.153 e. The number of nitrogens with zero attached hydrogens (tertiary/aromatic N) is 3. The zero-order valence-electron chi connectivity index (χ0n) is 15.0. The number of rotatable bonds is 4. The fourth-order valence-electron chi connectivity index (χ4n) is 3.27. The van der Waals surface area contributed by atoms with E-state index in [9.17, 15) is 4.79 Å². The van der Waals surface area contributed by atoms with Crippen molar-refractivity contribution in [2.24, 2.45) is 0 Å². The van der Waals surface area contributed by atoms with Crippen LogP contribution >= 0.6 is 0 Å². The van der Waals surface area contributed by atoms with Gasteiger partial charge < -0.3 is 19.1 Å². The highest BCUT2D eigenvalue weighted by atomic mass is 16.5. The molecule has 0 amide bonds. The number of allylic oxidation sites excluding steroid dienone is 1. The SMILES string of the molecule is CC=C(N1CCN(C)CC1)n1cc(C=O)c(=N)c2cc(OC)ccc21. The molecule has 25 heavy (non-hydrogen) atoms. The van der Waals surface area contributed by atoms with Crippen LogP contribution in [-0.4, -0.2) is 61.0 Å². The van der Waals surface area contributed by atoms with Crippen molar-refractivity contribution in [3.8, 4) is 5.75 Å². The van der Waals surface area contributed by atoms with Gasteiger partial charge in [0.05, 0.1) is 23.5 Å². The Morgan fingerprint density at radius 1 is 1.24 bits per heavy atom. The van der Waals surface area contributed by atoms with Gasteiger partial charge in [-0.25, -0.2) is 0 Å². The number of nitrogens with one attached hydrogen (secondary N) is 1. The average Bonchev–Trinajstić information content (AvgIpc) is 2.65. The standard InChI is InChI=1S/C19H24N4O2/c1-4-18(22-9-7-21(2)8-10-22)23-12-14(13-24)19(20)16-11-15(25-3)5-6-17(16)23/h4-6,11-13,20H,7-10H2,1-3H3. The summed E-state index contributed by atoms with van der Waals surface area (Å²) in [4.78, 5) is 16.1. The van der Waals surface area contributed by atoms with Gasteiger partial charge in [-0.3, -0.25) is 10.2 Å². The summed E-state index contributed by atoms with van der Waals surface area (Å²) in [6.45, 7) is 5.87. The van der Waals surface area contributed by atoms with Crippen LogP contribution < -0.4 is 10.1 Å². The number of methoxy groups -OCH3 is 1. The van der Waals surface area contributed by atoms with Crippen molar-refractivity contribution in [2.75, 3.05) is 40.3 Å². The first-order chi connectivity index (χ1) is 12.1. The van der Waals surface area contributed by atoms with Gasteiger partial charge in [-0.2, -0.15) is 0 Å². The van der Waals surface area contributed by atoms with Crippen LogP contribution in [0.2, 0.25) is 0 Å². The molecule has 0 saturated carbocycles. The van der Waals surface area contributed by atoms with Gasteiger partial charge in [-0.05, 0) is 38.2 Å². The molecule has 1 fully saturated rings. The summed E-state index contributed by atoms with van der Waals surface area (Å²) in [7, 11) is 3.73. The van der Waals surface area contributed by atoms with Gasteiger partial charge in [0.2, 0.25) is 0 Å². The number of carbonyl (C=O) groups is 1. The Labute approximate surface area is 147 Å². The quantitative estimate of drug-likeness (QED) is 0.865. The van der Waals surface area contributed by atoms with Crippen LogP contribution in [0.5, 0.6) is 5.75 Å². The van der Waals surface area contributed by atoms with Gasteiger partial charge in [0.15, 0.2) is 6.29 Å². The van der Waals surface area contributed by atoms with Crippen LogP contribution in [0.3, 0.4) is 0 Å². The van der Waals surface area contributed by atoms with Gasteiger partial charge in [-0.15, -0.1) is 0 Å². The number of carbonyl (C=O) groups excluding carboxylic acids is 1. The molecule has 2 aromatic rings. The van der Waals surface area contributed by atoms with E-state index in [1.807, 2.05) is 29.7 Å². The van der Waals surface area contributed by atoms with Crippen LogP contribution in [0.1, 0.15) is 17.3 Å². The lowest BCUT2D eigenvalue weighted by Crippen LogP contribution is -2.44. The zero-order valence-corrected chi connectivity index (χ0v) is 15.0. The normalized spacial score (nSPS) is 16.3. The number of benzene rings is 1. The van der Waals surface area contributed by atoms with Crippen molar-refractivity contribution in [1.29, 1.82) is 5.41 Å². The van der Waals surface area contributed by atoms with Crippen LogP contribution in [0.4, 0.5) is 0 Å². The van der Waals surface area contributed by atoms with Crippen LogP contribution in [0.25, 0.3) is 16.7 Å². The van der Waals surface area contributed by atoms with Crippen LogP contribution in [-0.2, 0) is 0 Å². The van der Waals surface area contributed by atoms with Crippen molar-refractivity contribution < 1.29 is 9.53 Å². The van der Waals surface area contributed by atoms with Crippen molar-refractivity contribution in [1.82, 2.24) is 14.4 Å². The molecule has 0 atom stereocenters. The monoisotopic (exact) mass is 340 g/mol. The van der Waals surface area contributed by atoms with Crippen LogP contribution in [0.15, 0.2) is 30.5 Å². The van der Waals surface area contributed by atoms with E-state index in [1.54, 1.807) is 13.3 Å². The molecule has 2 heterocycles. The third-order valence-corrected chi connectivity index (χ3v) is 4.75. The third kappa shape index (κ3) is 3.17. The van der Waals surface area contributed by atoms with Crippen molar-refractivity contribution in [2.45, 2.75) is 6.92 Å². The lowest BCUT2D eigenvalue weighted by molar-refractivity contribution is 0.112. The van der Waals surface area contributed by atoms with E-state index >= 15 is 0 Å². The topological polar surface area (TPSA) is 61.6 Å². The van der Waals surface area contributed by atoms with Gasteiger partial charge in [0.1, 0.15) is 11.6 Å². The maximum Gasteiger partial charge on any atom is 0.153 e. The number of aromatic nitrogens is 1. The predicted octanol–water partition coefficient (Wildman–Crippen LogP) is 2.01. The molecule has 6 nitrogen and oxygen atoms in total. The first kappa shape index (κ1) is 17.2. The van der Waals surface area contributed by atoms with Crippen molar-refractivity contribution >= 4 is 23.0 Å². The molecule has 132 valence electrons. The van der Waals surface area contributed by atoms with E-state index in [-0.39, 0.29) is 5.36 Å². The Kier molecular flexibility index (Phi) is 4.90. The van der Waals surface area contributed by atoms with Crippen LogP contribution in [0, 0.1) is 5.41 Å². The lowest BCUT2D eigenvalue weighted by Gasteiger charge is -2.36. The highest BCUT2D eigenvalue weighted by Gasteiger charge is 2.19. The highest BCUT2D eigenvalue weighted by molar-refractivity contribution is 5.88. The van der Waals surface area contributed by atoms with Crippen molar-refractivity contribution in [3.05, 3.63) is 41.4 Å². The maximum atomic E-state index is 11.5. The van der Waals surface area contributed by atoms with Gasteiger partial charge in [0, 0.05) is 37.8 Å². The second-order valence-electron chi connectivity index (χ2n) is 6.27. The minimum absolute atomic E-state index is 0.231. The number of piperazine rings is 1. The number of likely N-dealkylation sites (N-methyl/N-ethyl adjacent to an activating group) is 1. The first-order valence-electron chi connectivity index (χ1n) is 8.42. The molecule has 1 aliphatic rings. The Hall–Kier alpha value is -2.60. The molecule has 0 unspecified atom stereocenters. The summed E-state index contributed by atoms with van der Waals surface area (Å²) in [5, 5.41) is 9.27. The highest BCUT2D eigenvalue weighted by Crippen LogP contribution is 2.23. The van der Waals surface area contributed by atoms with E-state index in [2.05, 4.69) is 22.9 Å². The van der Waals surface area contributed by atoms with E-state index in [0.717, 1.165) is 43.8 Å². The second-order valence-corrected chi connectivity index (χ2v) is 6.27. The van der Waals surface area contributed by atoms with E-state index in [0.29, 0.717) is 16.7 Å². The molecule has 1 aromatic carbocycles. The molecule has 1 N–H and O–H groups in total. The van der Waals surface area contributed by atoms with E-state index in [1.165, 1.54) is 0 Å². The fourth-order valence-corrected chi connectivity index (χ4v) is 3.27. The number of fused-ring (bicyclic) bond motifs is 1. The Balaban J connectivity index is 2.18. The minimum atomic E-state index is 0.231. The summed E-state index contributed by atoms with van der Waals surface area (Å²) >= 11 is 0. The average molecular weight is 340 g/mol. The number of hydrogen-bond donors (Lipinski definition) is 1. The summed E-state index contributed by atoms with van der Waals surface area (Å²) in [6.07, 6.45) is 4.57. The van der Waals surface area contributed by atoms with E-state index < -0.39 is 0 Å². The largest absolute Gasteiger partial charge is 0.497 e. The summed E-state index contributed by atoms with van der Waals surface area (Å²) in [5.74, 6) is 1.71. The van der Waals surface area contributed by atoms with Gasteiger partial charge >= 0.3 is 0 Å². The van der Waals surface area contributed by atoms with Gasteiger partial charge in [0.25, 0.3) is 0 Å². The zero-order chi connectivity index (χ0) is 18.0. The first-order valence-corrected chi connectivity index (χ1v) is 8.42. The molecule has 0 bridgehead atoms. The fraction of sp³-hybridized carbons (Fsp3) is 0.368. The number of aldehydes is 1. The molecule has 3 rings (SSSR count). The molecule has 6 heteroatoms. The Morgan fingerprint density at radius 2 is 1.96 bits per heavy atom. The Morgan fingerprint density at radius 3 is 2.56 bits per heavy atom. The molecule has 1 saturated heterocycles. The predicted molar refractivity (Wildman–Crippen MR) is 98.7 cm³/mol. The maximum absolute atomic E-state index is 11.5. The van der Waals surface area contributed by atoms with Crippen molar-refractivity contribution in [3.63, 3.8) is 0 Å². The molecular weight excluding hydrogens is 316 g/mol. The van der Waals surface area contributed by atoms with E-state index in [4.69, 9.17) is 10.1 Å². The summed E-state index contributed by atoms with van der Waals surface area (Å²) in [6, 6.07) is 5.65. The lowest BCUT2D eigenvalue weighted by atomic mass is 10.1. The third-order valence-electron chi connectivity index (χ3n) is 4.75. The summed E-state index contributed by atoms with van der Waals surface area (Å²) < 4.78 is 7.31. The second kappa shape index (κ2) is 7.11. The molecule has 0 aliphatic carbocycles.